The number of anilines is 1. The maximum Gasteiger partial charge on any atom is 0.412 e. The van der Waals surface area contributed by atoms with Crippen LogP contribution in [-0.2, 0) is 4.74 Å². The first-order valence-corrected chi connectivity index (χ1v) is 7.15. The van der Waals surface area contributed by atoms with Crippen LogP contribution in [0.15, 0.2) is 18.2 Å². The highest BCUT2D eigenvalue weighted by atomic mass is 16.6. The number of amides is 1. The molecule has 1 unspecified atom stereocenters. The van der Waals surface area contributed by atoms with Gasteiger partial charge in [0.15, 0.2) is 0 Å². The molecule has 0 aliphatic heterocycles. The highest BCUT2D eigenvalue weighted by Gasteiger charge is 2.18. The lowest BCUT2D eigenvalue weighted by molar-refractivity contribution is 0.0635. The number of nitrogens with one attached hydrogen (secondary N) is 1. The second-order valence-electron chi connectivity index (χ2n) is 6.07. The third kappa shape index (κ3) is 5.63. The van der Waals surface area contributed by atoms with Gasteiger partial charge in [0, 0.05) is 0 Å². The predicted molar refractivity (Wildman–Crippen MR) is 84.9 cm³/mol. The summed E-state index contributed by atoms with van der Waals surface area (Å²) in [7, 11) is 1.57. The number of hydrogen-bond donors (Lipinski definition) is 2. The van der Waals surface area contributed by atoms with E-state index < -0.39 is 11.7 Å². The highest BCUT2D eigenvalue weighted by Crippen LogP contribution is 2.30. The normalized spacial score (nSPS) is 12.7. The molecule has 1 aromatic rings. The Kier molecular flexibility index (Phi) is 6.03. The maximum atomic E-state index is 11.9. The summed E-state index contributed by atoms with van der Waals surface area (Å²) in [6.07, 6.45) is 0.391. The predicted octanol–water partition coefficient (Wildman–Crippen LogP) is 3.49. The van der Waals surface area contributed by atoms with Crippen LogP contribution in [0.4, 0.5) is 10.5 Å². The van der Waals surface area contributed by atoms with Crippen molar-refractivity contribution in [1.82, 2.24) is 0 Å². The maximum absolute atomic E-state index is 11.9. The average Bonchev–Trinajstić information content (AvgIpc) is 2.36. The van der Waals surface area contributed by atoms with Crippen molar-refractivity contribution in [1.29, 1.82) is 0 Å². The molecule has 5 heteroatoms. The second-order valence-corrected chi connectivity index (χ2v) is 6.07. The van der Waals surface area contributed by atoms with Gasteiger partial charge in [0.1, 0.15) is 11.4 Å². The summed E-state index contributed by atoms with van der Waals surface area (Å²) in [5.41, 5.74) is 6.77. The van der Waals surface area contributed by atoms with Gasteiger partial charge in [-0.1, -0.05) is 13.0 Å². The van der Waals surface area contributed by atoms with E-state index in [0.717, 1.165) is 12.0 Å². The van der Waals surface area contributed by atoms with Gasteiger partial charge < -0.3 is 15.2 Å². The number of nitrogens with two attached hydrogens (primary N) is 1. The molecule has 0 aromatic heterocycles. The molecule has 0 saturated carbocycles. The van der Waals surface area contributed by atoms with Crippen LogP contribution >= 0.6 is 0 Å². The van der Waals surface area contributed by atoms with Gasteiger partial charge in [-0.05, 0) is 57.4 Å². The van der Waals surface area contributed by atoms with Crippen LogP contribution in [0.3, 0.4) is 0 Å². The van der Waals surface area contributed by atoms with E-state index in [1.165, 1.54) is 0 Å². The molecule has 0 aliphatic carbocycles. The first-order chi connectivity index (χ1) is 9.76. The SMILES string of the molecule is COc1ccc(C(C)CCN)cc1NC(=O)OC(C)(C)C. The minimum atomic E-state index is -0.540. The van der Waals surface area contributed by atoms with Crippen LogP contribution in [0.2, 0.25) is 0 Å². The van der Waals surface area contributed by atoms with Crippen molar-refractivity contribution in [2.45, 2.75) is 45.6 Å². The number of carbonyl (C=O) groups is 1. The monoisotopic (exact) mass is 294 g/mol. The number of rotatable bonds is 5. The van der Waals surface area contributed by atoms with Crippen molar-refractivity contribution < 1.29 is 14.3 Å². The van der Waals surface area contributed by atoms with Crippen LogP contribution in [0.1, 0.15) is 45.6 Å². The molecule has 0 aliphatic rings. The smallest absolute Gasteiger partial charge is 0.412 e. The Morgan fingerprint density at radius 2 is 2.05 bits per heavy atom. The number of methoxy groups -OCH3 is 1. The van der Waals surface area contributed by atoms with Crippen LogP contribution in [0, 0.1) is 0 Å². The lowest BCUT2D eigenvalue weighted by atomic mass is 9.97. The van der Waals surface area contributed by atoms with Crippen molar-refractivity contribution in [2.24, 2.45) is 5.73 Å². The minimum absolute atomic E-state index is 0.320. The molecule has 1 aromatic carbocycles. The summed E-state index contributed by atoms with van der Waals surface area (Å²) >= 11 is 0. The quantitative estimate of drug-likeness (QED) is 0.871. The summed E-state index contributed by atoms with van der Waals surface area (Å²) < 4.78 is 10.5. The zero-order valence-corrected chi connectivity index (χ0v) is 13.5. The Morgan fingerprint density at radius 3 is 2.57 bits per heavy atom. The topological polar surface area (TPSA) is 73.6 Å². The molecule has 0 spiro atoms. The van der Waals surface area contributed by atoms with Gasteiger partial charge in [-0.25, -0.2) is 4.79 Å². The molecule has 0 fully saturated rings. The zero-order chi connectivity index (χ0) is 16.0. The fourth-order valence-corrected chi connectivity index (χ4v) is 1.96. The fourth-order valence-electron chi connectivity index (χ4n) is 1.96. The molecular weight excluding hydrogens is 268 g/mol. The first kappa shape index (κ1) is 17.3. The number of hydrogen-bond acceptors (Lipinski definition) is 4. The Balaban J connectivity index is 2.93. The van der Waals surface area contributed by atoms with Crippen LogP contribution in [0.25, 0.3) is 0 Å². The minimum Gasteiger partial charge on any atom is -0.495 e. The van der Waals surface area contributed by atoms with Crippen molar-refractivity contribution in [3.05, 3.63) is 23.8 Å². The van der Waals surface area contributed by atoms with Gasteiger partial charge in [-0.3, -0.25) is 5.32 Å². The Hall–Kier alpha value is -1.75. The molecule has 3 N–H and O–H groups in total. The van der Waals surface area contributed by atoms with Crippen molar-refractivity contribution in [3.8, 4) is 5.75 Å². The Bertz CT molecular complexity index is 481. The third-order valence-electron chi connectivity index (χ3n) is 3.03. The van der Waals surface area contributed by atoms with E-state index in [4.69, 9.17) is 15.2 Å². The van der Waals surface area contributed by atoms with Crippen LogP contribution in [-0.4, -0.2) is 25.3 Å². The summed E-state index contributed by atoms with van der Waals surface area (Å²) in [6, 6.07) is 5.73. The molecule has 1 atom stereocenters. The van der Waals surface area contributed by atoms with Crippen LogP contribution < -0.4 is 15.8 Å². The van der Waals surface area contributed by atoms with E-state index in [0.29, 0.717) is 23.9 Å². The van der Waals surface area contributed by atoms with Gasteiger partial charge in [-0.15, -0.1) is 0 Å². The lowest BCUT2D eigenvalue weighted by Gasteiger charge is -2.21. The van der Waals surface area contributed by atoms with E-state index in [-0.39, 0.29) is 0 Å². The molecule has 0 radical (unpaired) electrons. The van der Waals surface area contributed by atoms with Crippen molar-refractivity contribution >= 4 is 11.8 Å². The summed E-state index contributed by atoms with van der Waals surface area (Å²) in [6.45, 7) is 8.20. The second kappa shape index (κ2) is 7.31. The molecule has 1 rings (SSSR count). The lowest BCUT2D eigenvalue weighted by Crippen LogP contribution is -2.27. The van der Waals surface area contributed by atoms with E-state index in [1.807, 2.05) is 39.0 Å². The highest BCUT2D eigenvalue weighted by molar-refractivity contribution is 5.87. The van der Waals surface area contributed by atoms with E-state index in [2.05, 4.69) is 12.2 Å². The Morgan fingerprint density at radius 1 is 1.38 bits per heavy atom. The summed E-state index contributed by atoms with van der Waals surface area (Å²) in [5, 5.41) is 2.74. The molecular formula is C16H26N2O3. The van der Waals surface area contributed by atoms with Gasteiger partial charge in [0.05, 0.1) is 12.8 Å². The molecule has 118 valence electrons. The molecule has 5 nitrogen and oxygen atoms in total. The Labute approximate surface area is 126 Å². The first-order valence-electron chi connectivity index (χ1n) is 7.15. The summed E-state index contributed by atoms with van der Waals surface area (Å²) in [5.74, 6) is 0.921. The van der Waals surface area contributed by atoms with Gasteiger partial charge in [0.25, 0.3) is 0 Å². The number of carbonyl (C=O) groups excluding carboxylic acids is 1. The molecule has 21 heavy (non-hydrogen) atoms. The van der Waals surface area contributed by atoms with Crippen molar-refractivity contribution in [3.63, 3.8) is 0 Å². The van der Waals surface area contributed by atoms with Gasteiger partial charge in [0.2, 0.25) is 0 Å². The summed E-state index contributed by atoms with van der Waals surface area (Å²) in [4.78, 5) is 11.9. The van der Waals surface area contributed by atoms with Gasteiger partial charge >= 0.3 is 6.09 Å². The standard InChI is InChI=1S/C16H26N2O3/c1-11(8-9-17)12-6-7-14(20-5)13(10-12)18-15(19)21-16(2,3)4/h6-7,10-11H,8-9,17H2,1-5H3,(H,18,19). The van der Waals surface area contributed by atoms with E-state index >= 15 is 0 Å². The fraction of sp³-hybridized carbons (Fsp3) is 0.562. The average molecular weight is 294 g/mol. The molecule has 0 bridgehead atoms. The third-order valence-corrected chi connectivity index (χ3v) is 3.03. The van der Waals surface area contributed by atoms with E-state index in [9.17, 15) is 4.79 Å². The van der Waals surface area contributed by atoms with Crippen LogP contribution in [0.5, 0.6) is 5.75 Å². The molecule has 0 heterocycles. The number of ether oxygens (including phenoxy) is 2. The molecule has 0 saturated heterocycles. The zero-order valence-electron chi connectivity index (χ0n) is 13.5. The number of benzene rings is 1. The van der Waals surface area contributed by atoms with E-state index in [1.54, 1.807) is 7.11 Å². The van der Waals surface area contributed by atoms with Crippen molar-refractivity contribution in [2.75, 3.05) is 19.0 Å². The largest absolute Gasteiger partial charge is 0.495 e. The van der Waals surface area contributed by atoms with Gasteiger partial charge in [-0.2, -0.15) is 0 Å². The molecule has 1 amide bonds.